The van der Waals surface area contributed by atoms with Crippen molar-refractivity contribution in [1.82, 2.24) is 29.9 Å². The standard InChI is InChI=1S/C49H36N2.C34H23ClN2.C28H19ClN2.C15H15BO2.C6H6BClO2/c1-49(2)44-25-10-9-24-42(44)43-27-26-40(31-45(43)49)38-21-12-19-36(29-38)35-18-11-20-37(28-35)39-22-13-23-41(30-39)47-32-46(33-14-5-3-6-15-33)50-48(51-47)34-16-7-4-8-17-34;35-31-19-9-17-29(22-31)27-15-7-14-26(20-27)28-16-8-18-30(21-28)33-23-32(24-10-3-1-4-11-24)36-34(37-33)25-12-5-2-6-13-25;29-25-16-8-14-23(18-25)22-13-7-15-24(17-22)27-19-26(20-9-3-1-4-10-20)30-28(31-27)21-11-5-2-6-12-21;1-15(2)13-6-4-3-5-11(13)12-8-7-10(16(17)18)9-14(12)15;8-6-3-1-2-5(4-6)7(9)10/h3-32H,1-2H3;1-23H;1-19H;3-9,17-18H,1-2H3;1-4,9-10H. The minimum Gasteiger partial charge on any atom is -0.423 e. The smallest absolute Gasteiger partial charge is 0.423 e. The van der Waals surface area contributed by atoms with Gasteiger partial charge in [-0.25, -0.2) is 29.9 Å². The van der Waals surface area contributed by atoms with Crippen molar-refractivity contribution in [3.63, 3.8) is 0 Å². The maximum absolute atomic E-state index is 9.30. The maximum Gasteiger partial charge on any atom is 0.488 e. The van der Waals surface area contributed by atoms with Crippen molar-refractivity contribution in [1.29, 1.82) is 0 Å². The van der Waals surface area contributed by atoms with Gasteiger partial charge in [0.15, 0.2) is 17.5 Å². The minimum atomic E-state index is -1.43. The molecule has 0 saturated carbocycles. The predicted octanol–water partition coefficient (Wildman–Crippen LogP) is 31.7. The van der Waals surface area contributed by atoms with E-state index < -0.39 is 14.2 Å². The van der Waals surface area contributed by atoms with Gasteiger partial charge < -0.3 is 20.1 Å². The van der Waals surface area contributed by atoms with Crippen LogP contribution < -0.4 is 10.9 Å². The first-order valence-corrected chi connectivity index (χ1v) is 50.0. The second-order valence-corrected chi connectivity index (χ2v) is 38.6. The third-order valence-corrected chi connectivity index (χ3v) is 27.5. The lowest BCUT2D eigenvalue weighted by atomic mass is 9.75. The molecule has 3 aromatic heterocycles. The third kappa shape index (κ3) is 22.5. The number of benzene rings is 19. The van der Waals surface area contributed by atoms with Crippen LogP contribution in [0.1, 0.15) is 49.9 Å². The lowest BCUT2D eigenvalue weighted by Crippen LogP contribution is -2.31. The normalized spacial score (nSPS) is 11.9. The summed E-state index contributed by atoms with van der Waals surface area (Å²) in [7, 11) is -2.84. The molecule has 24 rings (SSSR count). The zero-order valence-electron chi connectivity index (χ0n) is 81.2. The fraction of sp³-hybridized carbons (Fsp3) is 0.0455. The fourth-order valence-corrected chi connectivity index (χ4v) is 19.8. The number of rotatable bonds is 17. The molecule has 0 fully saturated rings. The molecule has 15 heteroatoms. The SMILES string of the molecule is CC1(C)c2ccccc2-c2ccc(-c3cccc(-c4cccc(-c5cccc(-c6cc(-c7ccccc7)nc(-c7ccccc7)n6)c5)c4)c3)cc21.CC1(C)c2ccccc2-c2ccc(B(O)O)cc21.Clc1cccc(-c2cccc(-c3cc(-c4ccccc4)nc(-c4ccccc4)n3)c2)c1.Clc1cccc(-c2cccc(-c3cccc(-c4cc(-c5ccccc5)nc(-c5ccccc5)n4)c3)c2)c1.OB(O)c1cccc(Cl)c1. The molecule has 0 amide bonds. The largest absolute Gasteiger partial charge is 0.488 e. The van der Waals surface area contributed by atoms with Crippen molar-refractivity contribution in [2.24, 2.45) is 0 Å². The lowest BCUT2D eigenvalue weighted by molar-refractivity contribution is 0.424. The lowest BCUT2D eigenvalue weighted by Gasteiger charge is -2.22. The zero-order chi connectivity index (χ0) is 101. The van der Waals surface area contributed by atoms with Gasteiger partial charge in [-0.15, -0.1) is 0 Å². The molecular formula is C132H99B2Cl3N6O4. The Kier molecular flexibility index (Phi) is 29.4. The molecule has 4 N–H and O–H groups in total. The van der Waals surface area contributed by atoms with Crippen molar-refractivity contribution in [2.75, 3.05) is 0 Å². The van der Waals surface area contributed by atoms with Gasteiger partial charge in [0, 0.05) is 76.0 Å². The molecule has 0 saturated heterocycles. The van der Waals surface area contributed by atoms with Gasteiger partial charge in [-0.2, -0.15) is 0 Å². The Morgan fingerprint density at radius 2 is 0.374 bits per heavy atom. The molecule has 708 valence electrons. The first-order chi connectivity index (χ1) is 71.7. The van der Waals surface area contributed by atoms with E-state index in [4.69, 9.17) is 74.8 Å². The van der Waals surface area contributed by atoms with Crippen LogP contribution in [-0.2, 0) is 10.8 Å². The molecule has 0 radical (unpaired) electrons. The summed E-state index contributed by atoms with van der Waals surface area (Å²) in [6, 6.07) is 171. The molecular weight excluding hydrogens is 1860 g/mol. The average Bonchev–Trinajstić information content (AvgIpc) is 1.59. The predicted molar refractivity (Wildman–Crippen MR) is 610 cm³/mol. The summed E-state index contributed by atoms with van der Waals surface area (Å²) >= 11 is 18.0. The third-order valence-electron chi connectivity index (χ3n) is 26.8. The summed E-state index contributed by atoms with van der Waals surface area (Å²) in [6.07, 6.45) is 0. The van der Waals surface area contributed by atoms with Crippen LogP contribution in [0.25, 0.3) is 191 Å². The van der Waals surface area contributed by atoms with Crippen molar-refractivity contribution in [2.45, 2.75) is 38.5 Å². The zero-order valence-corrected chi connectivity index (χ0v) is 83.4. The van der Waals surface area contributed by atoms with E-state index in [9.17, 15) is 10.0 Å². The number of fused-ring (bicyclic) bond motifs is 6. The van der Waals surface area contributed by atoms with Gasteiger partial charge >= 0.3 is 14.2 Å². The summed E-state index contributed by atoms with van der Waals surface area (Å²) in [5.74, 6) is 2.14. The van der Waals surface area contributed by atoms with Gasteiger partial charge in [-0.3, -0.25) is 0 Å². The Labute approximate surface area is 873 Å². The van der Waals surface area contributed by atoms with Gasteiger partial charge in [-0.05, 0) is 219 Å². The molecule has 0 spiro atoms. The summed E-state index contributed by atoms with van der Waals surface area (Å²) in [4.78, 5) is 29.7. The van der Waals surface area contributed by atoms with Gasteiger partial charge in [-0.1, -0.05) is 469 Å². The molecule has 19 aromatic carbocycles. The Morgan fingerprint density at radius 1 is 0.163 bits per heavy atom. The van der Waals surface area contributed by atoms with Crippen molar-refractivity contribution in [3.8, 4) is 191 Å². The quantitative estimate of drug-likeness (QED) is 0.0647. The molecule has 0 atom stereocenters. The number of halogens is 3. The second-order valence-electron chi connectivity index (χ2n) is 37.3. The van der Waals surface area contributed by atoms with E-state index in [1.54, 1.807) is 24.3 Å². The van der Waals surface area contributed by atoms with E-state index in [0.29, 0.717) is 27.6 Å². The van der Waals surface area contributed by atoms with Gasteiger partial charge in [0.25, 0.3) is 0 Å². The fourth-order valence-electron chi connectivity index (χ4n) is 19.2. The molecule has 2 aliphatic carbocycles. The Balaban J connectivity index is 0.000000121. The van der Waals surface area contributed by atoms with E-state index in [1.165, 1.54) is 67.3 Å². The highest BCUT2D eigenvalue weighted by molar-refractivity contribution is 6.59. The molecule has 147 heavy (non-hydrogen) atoms. The highest BCUT2D eigenvalue weighted by Crippen LogP contribution is 2.51. The maximum atomic E-state index is 9.30. The minimum absolute atomic E-state index is 0.0274. The number of nitrogens with zero attached hydrogens (tertiary/aromatic N) is 6. The molecule has 0 aliphatic heterocycles. The summed E-state index contributed by atoms with van der Waals surface area (Å²) in [5, 5.41) is 37.8. The molecule has 3 heterocycles. The highest BCUT2D eigenvalue weighted by Gasteiger charge is 2.37. The number of hydrogen-bond donors (Lipinski definition) is 4. The van der Waals surface area contributed by atoms with Gasteiger partial charge in [0.05, 0.1) is 34.2 Å². The van der Waals surface area contributed by atoms with E-state index in [2.05, 4.69) is 307 Å². The second kappa shape index (κ2) is 44.2. The monoisotopic (exact) mass is 1960 g/mol. The van der Waals surface area contributed by atoms with Crippen LogP contribution in [-0.4, -0.2) is 64.2 Å². The Morgan fingerprint density at radius 3 is 0.667 bits per heavy atom. The van der Waals surface area contributed by atoms with Crippen LogP contribution in [0.4, 0.5) is 0 Å². The first-order valence-electron chi connectivity index (χ1n) is 48.8. The first kappa shape index (κ1) is 97.7. The van der Waals surface area contributed by atoms with E-state index >= 15 is 0 Å². The van der Waals surface area contributed by atoms with Crippen molar-refractivity contribution in [3.05, 3.63) is 541 Å². The van der Waals surface area contributed by atoms with Crippen LogP contribution in [0, 0.1) is 0 Å². The van der Waals surface area contributed by atoms with E-state index in [1.807, 2.05) is 194 Å². The summed E-state index contributed by atoms with van der Waals surface area (Å²) in [5.41, 5.74) is 39.8. The Bertz CT molecular complexity index is 8310. The number of hydrogen-bond acceptors (Lipinski definition) is 10. The Hall–Kier alpha value is -16.7. The molecule has 0 bridgehead atoms. The van der Waals surface area contributed by atoms with Crippen molar-refractivity contribution >= 4 is 60.0 Å². The van der Waals surface area contributed by atoms with Crippen LogP contribution >= 0.6 is 34.8 Å². The van der Waals surface area contributed by atoms with Crippen LogP contribution in [0.15, 0.2) is 504 Å². The summed E-state index contributed by atoms with van der Waals surface area (Å²) < 4.78 is 0. The molecule has 10 nitrogen and oxygen atoms in total. The average molecular weight is 1960 g/mol. The van der Waals surface area contributed by atoms with Crippen LogP contribution in [0.3, 0.4) is 0 Å². The van der Waals surface area contributed by atoms with E-state index in [0.717, 1.165) is 150 Å². The highest BCUT2D eigenvalue weighted by atomic mass is 35.5. The topological polar surface area (TPSA) is 158 Å². The van der Waals surface area contributed by atoms with Crippen LogP contribution in [0.5, 0.6) is 0 Å². The molecule has 0 unspecified atom stereocenters. The van der Waals surface area contributed by atoms with Gasteiger partial charge in [0.2, 0.25) is 0 Å². The van der Waals surface area contributed by atoms with Crippen molar-refractivity contribution < 1.29 is 20.1 Å². The van der Waals surface area contributed by atoms with E-state index in [-0.39, 0.29) is 10.8 Å². The molecule has 22 aromatic rings. The van der Waals surface area contributed by atoms with Gasteiger partial charge in [0.1, 0.15) is 0 Å². The van der Waals surface area contributed by atoms with Crippen LogP contribution in [0.2, 0.25) is 15.1 Å². The number of aromatic nitrogens is 6. The molecule has 2 aliphatic rings. The summed E-state index contributed by atoms with van der Waals surface area (Å²) in [6.45, 7) is 9.03.